The first kappa shape index (κ1) is 21.8. The van der Waals surface area contributed by atoms with Crippen molar-refractivity contribution in [1.82, 2.24) is 4.90 Å². The molecule has 1 saturated heterocycles. The van der Waals surface area contributed by atoms with E-state index in [0.717, 1.165) is 4.90 Å². The Balaban J connectivity index is 1.91. The zero-order valence-electron chi connectivity index (χ0n) is 16.1. The lowest BCUT2D eigenvalue weighted by Crippen LogP contribution is -2.27. The maximum atomic E-state index is 12.8. The normalized spacial score (nSPS) is 14.7. The van der Waals surface area contributed by atoms with Gasteiger partial charge in [-0.25, -0.2) is 4.79 Å². The van der Waals surface area contributed by atoms with Crippen molar-refractivity contribution in [2.24, 2.45) is 0 Å². The van der Waals surface area contributed by atoms with E-state index in [0.29, 0.717) is 17.3 Å². The van der Waals surface area contributed by atoms with Gasteiger partial charge in [0.1, 0.15) is 0 Å². The third-order valence-electron chi connectivity index (χ3n) is 4.25. The van der Waals surface area contributed by atoms with Gasteiger partial charge in [0.25, 0.3) is 16.8 Å². The Morgan fingerprint density at radius 2 is 1.97 bits per heavy atom. The van der Waals surface area contributed by atoms with Gasteiger partial charge in [0, 0.05) is 17.2 Å². The summed E-state index contributed by atoms with van der Waals surface area (Å²) in [6.07, 6.45) is 1.39. The van der Waals surface area contributed by atoms with Crippen molar-refractivity contribution in [3.05, 3.63) is 68.6 Å². The van der Waals surface area contributed by atoms with E-state index in [1.165, 1.54) is 31.4 Å². The van der Waals surface area contributed by atoms with E-state index in [1.807, 2.05) is 0 Å². The fourth-order valence-corrected chi connectivity index (χ4v) is 3.70. The summed E-state index contributed by atoms with van der Waals surface area (Å²) in [7, 11) is 1.38. The summed E-state index contributed by atoms with van der Waals surface area (Å²) in [5, 5.41) is 19.5. The molecule has 11 heteroatoms. The molecule has 0 spiro atoms. The average Bonchev–Trinajstić information content (AvgIpc) is 3.00. The number of ether oxygens (including phenoxy) is 2. The van der Waals surface area contributed by atoms with Crippen molar-refractivity contribution < 1.29 is 33.9 Å². The molecular formula is C20H16N2O8S. The van der Waals surface area contributed by atoms with Gasteiger partial charge in [-0.3, -0.25) is 24.6 Å². The van der Waals surface area contributed by atoms with Gasteiger partial charge in [0.15, 0.2) is 18.1 Å². The number of carbonyl (C=O) groups is 3. The van der Waals surface area contributed by atoms with Crippen LogP contribution in [0.4, 0.5) is 10.5 Å². The van der Waals surface area contributed by atoms with E-state index in [9.17, 15) is 24.5 Å². The number of rotatable bonds is 8. The van der Waals surface area contributed by atoms with E-state index in [2.05, 4.69) is 0 Å². The second-order valence-corrected chi connectivity index (χ2v) is 7.21. The molecule has 3 rings (SSSR count). The number of thioether (sulfide) groups is 1. The molecule has 1 N–H and O–H groups in total. The molecule has 0 atom stereocenters. The van der Waals surface area contributed by atoms with Crippen molar-refractivity contribution in [3.8, 4) is 11.5 Å². The highest BCUT2D eigenvalue weighted by Gasteiger charge is 2.36. The van der Waals surface area contributed by atoms with E-state index in [1.54, 1.807) is 24.3 Å². The minimum absolute atomic E-state index is 0.0667. The Morgan fingerprint density at radius 3 is 2.65 bits per heavy atom. The van der Waals surface area contributed by atoms with Gasteiger partial charge >= 0.3 is 5.97 Å². The molecule has 2 aromatic rings. The summed E-state index contributed by atoms with van der Waals surface area (Å²) in [5.41, 5.74) is 0.377. The highest BCUT2D eigenvalue weighted by molar-refractivity contribution is 8.18. The van der Waals surface area contributed by atoms with Crippen molar-refractivity contribution in [3.63, 3.8) is 0 Å². The molecule has 2 amide bonds. The number of nitro groups is 1. The molecule has 10 nitrogen and oxygen atoms in total. The van der Waals surface area contributed by atoms with Crippen LogP contribution in [0.1, 0.15) is 11.1 Å². The first-order valence-electron chi connectivity index (χ1n) is 8.81. The fraction of sp³-hybridized carbons (Fsp3) is 0.150. The number of hydrogen-bond acceptors (Lipinski definition) is 8. The van der Waals surface area contributed by atoms with Gasteiger partial charge in [-0.1, -0.05) is 30.3 Å². The molecule has 1 fully saturated rings. The van der Waals surface area contributed by atoms with Gasteiger partial charge in [-0.05, 0) is 23.9 Å². The van der Waals surface area contributed by atoms with E-state index >= 15 is 0 Å². The summed E-state index contributed by atoms with van der Waals surface area (Å²) in [4.78, 5) is 47.7. The summed E-state index contributed by atoms with van der Waals surface area (Å²) >= 11 is 0.673. The minimum atomic E-state index is -1.19. The lowest BCUT2D eigenvalue weighted by atomic mass is 10.1. The van der Waals surface area contributed by atoms with E-state index in [-0.39, 0.29) is 34.2 Å². The zero-order valence-corrected chi connectivity index (χ0v) is 17.0. The standard InChI is InChI=1S/C20H16N2O8S/c1-29-15-8-4-6-12(18(15)30-11-17(23)24)9-16-19(25)21(20(26)31-16)10-13-5-2-3-7-14(13)22(27)28/h2-9H,10-11H2,1H3,(H,23,24)/b16-9-. The van der Waals surface area contributed by atoms with Crippen LogP contribution >= 0.6 is 11.8 Å². The molecule has 0 radical (unpaired) electrons. The van der Waals surface area contributed by atoms with Crippen LogP contribution in [-0.4, -0.2) is 45.8 Å². The number of carboxylic acid groups (broad SMARTS) is 1. The SMILES string of the molecule is COc1cccc(/C=C2\SC(=O)N(Cc3ccccc3[N+](=O)[O-])C2=O)c1OCC(=O)O. The Kier molecular flexibility index (Phi) is 6.55. The monoisotopic (exact) mass is 444 g/mol. The Hall–Kier alpha value is -3.86. The Labute approximate surface area is 180 Å². The molecule has 0 bridgehead atoms. The highest BCUT2D eigenvalue weighted by atomic mass is 32.2. The second kappa shape index (κ2) is 9.30. The van der Waals surface area contributed by atoms with Crippen molar-refractivity contribution in [2.75, 3.05) is 13.7 Å². The molecule has 0 aliphatic carbocycles. The third kappa shape index (κ3) is 4.83. The van der Waals surface area contributed by atoms with Gasteiger partial charge in [-0.2, -0.15) is 0 Å². The highest BCUT2D eigenvalue weighted by Crippen LogP contribution is 2.38. The largest absolute Gasteiger partial charge is 0.493 e. The Bertz CT molecular complexity index is 1100. The predicted octanol–water partition coefficient (Wildman–Crippen LogP) is 3.30. The molecule has 1 aliphatic rings. The van der Waals surface area contributed by atoms with Crippen LogP contribution in [0.2, 0.25) is 0 Å². The van der Waals surface area contributed by atoms with Gasteiger partial charge < -0.3 is 14.6 Å². The average molecular weight is 444 g/mol. The number of para-hydroxylation sites is 2. The molecule has 31 heavy (non-hydrogen) atoms. The van der Waals surface area contributed by atoms with Crippen LogP contribution in [0.5, 0.6) is 11.5 Å². The lowest BCUT2D eigenvalue weighted by Gasteiger charge is -2.13. The maximum Gasteiger partial charge on any atom is 0.341 e. The summed E-state index contributed by atoms with van der Waals surface area (Å²) in [6, 6.07) is 10.6. The molecule has 0 unspecified atom stereocenters. The number of benzene rings is 2. The van der Waals surface area contributed by atoms with Crippen LogP contribution in [-0.2, 0) is 16.1 Å². The maximum absolute atomic E-state index is 12.8. The number of imide groups is 1. The molecular weight excluding hydrogens is 428 g/mol. The van der Waals surface area contributed by atoms with Crippen LogP contribution in [0.3, 0.4) is 0 Å². The molecule has 1 aliphatic heterocycles. The number of hydrogen-bond donors (Lipinski definition) is 1. The first-order chi connectivity index (χ1) is 14.8. The van der Waals surface area contributed by atoms with Crippen LogP contribution in [0.25, 0.3) is 6.08 Å². The van der Waals surface area contributed by atoms with Crippen molar-refractivity contribution in [2.45, 2.75) is 6.54 Å². The number of nitrogens with zero attached hydrogens (tertiary/aromatic N) is 2. The quantitative estimate of drug-likeness (QED) is 0.369. The molecule has 160 valence electrons. The van der Waals surface area contributed by atoms with E-state index < -0.39 is 28.6 Å². The van der Waals surface area contributed by atoms with Crippen molar-refractivity contribution >= 4 is 40.6 Å². The summed E-state index contributed by atoms with van der Waals surface area (Å²) < 4.78 is 10.5. The van der Waals surface area contributed by atoms with E-state index in [4.69, 9.17) is 14.6 Å². The lowest BCUT2D eigenvalue weighted by molar-refractivity contribution is -0.385. The van der Waals surface area contributed by atoms with Gasteiger partial charge in [0.05, 0.1) is 23.5 Å². The predicted molar refractivity (Wildman–Crippen MR) is 111 cm³/mol. The third-order valence-corrected chi connectivity index (χ3v) is 5.15. The number of carboxylic acids is 1. The molecule has 2 aromatic carbocycles. The van der Waals surface area contributed by atoms with Crippen LogP contribution in [0, 0.1) is 10.1 Å². The molecule has 0 aromatic heterocycles. The van der Waals surface area contributed by atoms with Crippen LogP contribution < -0.4 is 9.47 Å². The number of amides is 2. The zero-order chi connectivity index (χ0) is 22.5. The molecule has 0 saturated carbocycles. The second-order valence-electron chi connectivity index (χ2n) is 6.21. The Morgan fingerprint density at radius 1 is 1.23 bits per heavy atom. The fourth-order valence-electron chi connectivity index (χ4n) is 2.87. The first-order valence-corrected chi connectivity index (χ1v) is 9.62. The smallest absolute Gasteiger partial charge is 0.341 e. The number of nitro benzene ring substituents is 1. The number of carbonyl (C=O) groups excluding carboxylic acids is 2. The van der Waals surface area contributed by atoms with Gasteiger partial charge in [-0.15, -0.1) is 0 Å². The number of aliphatic carboxylic acids is 1. The number of methoxy groups -OCH3 is 1. The molecule has 1 heterocycles. The summed E-state index contributed by atoms with van der Waals surface area (Å²) in [5.74, 6) is -1.45. The van der Waals surface area contributed by atoms with Gasteiger partial charge in [0.2, 0.25) is 0 Å². The topological polar surface area (TPSA) is 136 Å². The van der Waals surface area contributed by atoms with Crippen LogP contribution in [0.15, 0.2) is 47.4 Å². The van der Waals surface area contributed by atoms with Crippen molar-refractivity contribution in [1.29, 1.82) is 0 Å². The minimum Gasteiger partial charge on any atom is -0.493 e. The summed E-state index contributed by atoms with van der Waals surface area (Å²) in [6.45, 7) is -0.875.